The number of carbonyl (C=O) groups excluding carboxylic acids is 2. The Bertz CT molecular complexity index is 1440. The van der Waals surface area contributed by atoms with Gasteiger partial charge < -0.3 is 15.0 Å². The first kappa shape index (κ1) is 32.0. The maximum atomic E-state index is 14.1. The van der Waals surface area contributed by atoms with Crippen LogP contribution in [0, 0.1) is 12.8 Å². The molecule has 0 spiro atoms. The highest BCUT2D eigenvalue weighted by Gasteiger charge is 2.34. The van der Waals surface area contributed by atoms with Crippen LogP contribution < -0.4 is 14.4 Å². The van der Waals surface area contributed by atoms with Gasteiger partial charge in [0.05, 0.1) is 17.2 Å². The molecule has 0 saturated heterocycles. The largest absolute Gasteiger partial charge is 0.492 e. The van der Waals surface area contributed by atoms with Crippen molar-refractivity contribution in [3.63, 3.8) is 0 Å². The molecule has 1 atom stereocenters. The molecule has 41 heavy (non-hydrogen) atoms. The summed E-state index contributed by atoms with van der Waals surface area (Å²) in [6.45, 7) is 9.42. The number of amides is 2. The van der Waals surface area contributed by atoms with Crippen LogP contribution in [0.4, 0.5) is 5.69 Å². The first-order valence-corrected chi connectivity index (χ1v) is 15.4. The lowest BCUT2D eigenvalue weighted by Crippen LogP contribution is -2.51. The number of hydrogen-bond donors (Lipinski definition) is 1. The zero-order chi connectivity index (χ0) is 30.2. The van der Waals surface area contributed by atoms with Crippen molar-refractivity contribution in [3.8, 4) is 5.75 Å². The number of sulfonamides is 1. The summed E-state index contributed by atoms with van der Waals surface area (Å²) >= 11 is 6.42. The molecular weight excluding hydrogens is 562 g/mol. The van der Waals surface area contributed by atoms with E-state index in [-0.39, 0.29) is 29.0 Å². The molecule has 0 aliphatic heterocycles. The number of hydrogen-bond acceptors (Lipinski definition) is 5. The molecule has 0 unspecified atom stereocenters. The fraction of sp³-hybridized carbons (Fsp3) is 0.355. The zero-order valence-electron chi connectivity index (χ0n) is 24.1. The van der Waals surface area contributed by atoms with Crippen LogP contribution in [-0.2, 0) is 26.2 Å². The summed E-state index contributed by atoms with van der Waals surface area (Å²) in [6, 6.07) is 19.2. The maximum absolute atomic E-state index is 14.1. The number of benzene rings is 3. The number of anilines is 1. The van der Waals surface area contributed by atoms with Crippen molar-refractivity contribution in [2.75, 3.05) is 24.0 Å². The van der Waals surface area contributed by atoms with E-state index in [0.29, 0.717) is 29.5 Å². The van der Waals surface area contributed by atoms with Gasteiger partial charge in [0.2, 0.25) is 11.8 Å². The Labute approximate surface area is 248 Å². The first-order valence-electron chi connectivity index (χ1n) is 13.6. The third-order valence-corrected chi connectivity index (χ3v) is 8.61. The van der Waals surface area contributed by atoms with E-state index in [9.17, 15) is 18.0 Å². The molecule has 3 aromatic rings. The lowest BCUT2D eigenvalue weighted by Gasteiger charge is -2.32. The fourth-order valence-electron chi connectivity index (χ4n) is 4.14. The van der Waals surface area contributed by atoms with Gasteiger partial charge in [0, 0.05) is 18.1 Å². The molecule has 0 aliphatic rings. The van der Waals surface area contributed by atoms with E-state index in [1.165, 1.54) is 17.0 Å². The number of nitrogens with zero attached hydrogens (tertiary/aromatic N) is 2. The Morgan fingerprint density at radius 1 is 0.951 bits per heavy atom. The molecule has 0 radical (unpaired) electrons. The molecule has 0 bridgehead atoms. The van der Waals surface area contributed by atoms with Gasteiger partial charge in [-0.2, -0.15) is 0 Å². The van der Waals surface area contributed by atoms with E-state index >= 15 is 0 Å². The summed E-state index contributed by atoms with van der Waals surface area (Å²) in [6.07, 6.45) is 0. The number of aryl methyl sites for hydroxylation is 1. The molecule has 3 rings (SSSR count). The molecule has 0 aromatic heterocycles. The third-order valence-electron chi connectivity index (χ3n) is 6.47. The predicted molar refractivity (Wildman–Crippen MR) is 163 cm³/mol. The molecule has 0 saturated carbocycles. The summed E-state index contributed by atoms with van der Waals surface area (Å²) in [4.78, 5) is 28.6. The molecule has 1 N–H and O–H groups in total. The third kappa shape index (κ3) is 8.24. The number of rotatable bonds is 13. The lowest BCUT2D eigenvalue weighted by molar-refractivity contribution is -0.139. The predicted octanol–water partition coefficient (Wildman–Crippen LogP) is 5.43. The normalized spacial score (nSPS) is 12.1. The number of para-hydroxylation sites is 2. The van der Waals surface area contributed by atoms with E-state index in [1.807, 2.05) is 20.8 Å². The standard InChI is InChI=1S/C31H38ClN3O5S/c1-6-40-29-14-10-9-13-28(29)35(41(38,39)26-17-15-23(4)16-18-26)21-30(36)34(20-25-11-7-8-12-27(25)32)24(5)31(37)33-19-22(2)3/h7-18,22,24H,6,19-21H2,1-5H3,(H,33,37)/t24-/m0/s1. The average molecular weight is 600 g/mol. The SMILES string of the molecule is CCOc1ccccc1N(CC(=O)N(Cc1ccccc1Cl)[C@@H](C)C(=O)NCC(C)C)S(=O)(=O)c1ccc(C)cc1. The molecule has 10 heteroatoms. The molecule has 2 amide bonds. The number of carbonyl (C=O) groups is 2. The van der Waals surface area contributed by atoms with Crippen LogP contribution in [0.1, 0.15) is 38.8 Å². The van der Waals surface area contributed by atoms with Crippen LogP contribution in [-0.4, -0.2) is 50.9 Å². The topological polar surface area (TPSA) is 96.0 Å². The highest BCUT2D eigenvalue weighted by Crippen LogP contribution is 2.33. The van der Waals surface area contributed by atoms with Gasteiger partial charge in [-0.15, -0.1) is 0 Å². The molecule has 0 heterocycles. The summed E-state index contributed by atoms with van der Waals surface area (Å²) < 4.78 is 34.9. The van der Waals surface area contributed by atoms with Gasteiger partial charge in [-0.1, -0.05) is 73.5 Å². The molecule has 3 aromatic carbocycles. The second-order valence-corrected chi connectivity index (χ2v) is 12.4. The number of halogens is 1. The molecule has 220 valence electrons. The van der Waals surface area contributed by atoms with E-state index in [0.717, 1.165) is 9.87 Å². The van der Waals surface area contributed by atoms with Crippen LogP contribution in [0.15, 0.2) is 77.7 Å². The minimum Gasteiger partial charge on any atom is -0.492 e. The van der Waals surface area contributed by atoms with E-state index in [1.54, 1.807) is 74.5 Å². The molecule has 0 aliphatic carbocycles. The van der Waals surface area contributed by atoms with Crippen molar-refractivity contribution in [1.29, 1.82) is 0 Å². The highest BCUT2D eigenvalue weighted by molar-refractivity contribution is 7.92. The van der Waals surface area contributed by atoms with Crippen molar-refractivity contribution < 1.29 is 22.7 Å². The van der Waals surface area contributed by atoms with Gasteiger partial charge >= 0.3 is 0 Å². The fourth-order valence-corrected chi connectivity index (χ4v) is 5.76. The maximum Gasteiger partial charge on any atom is 0.264 e. The molecule has 8 nitrogen and oxygen atoms in total. The summed E-state index contributed by atoms with van der Waals surface area (Å²) in [5.41, 5.74) is 1.75. The van der Waals surface area contributed by atoms with Gasteiger partial charge in [0.25, 0.3) is 10.0 Å². The van der Waals surface area contributed by atoms with Crippen molar-refractivity contribution in [2.45, 2.75) is 52.1 Å². The quantitative estimate of drug-likeness (QED) is 0.283. The van der Waals surface area contributed by atoms with Crippen LogP contribution in [0.25, 0.3) is 0 Å². The summed E-state index contributed by atoms with van der Waals surface area (Å²) in [7, 11) is -4.21. The summed E-state index contributed by atoms with van der Waals surface area (Å²) in [5.74, 6) is -0.385. The monoisotopic (exact) mass is 599 g/mol. The van der Waals surface area contributed by atoms with Crippen molar-refractivity contribution in [3.05, 3.63) is 88.9 Å². The Balaban J connectivity index is 2.07. The zero-order valence-corrected chi connectivity index (χ0v) is 25.7. The Hall–Kier alpha value is -3.56. The molecular formula is C31H38ClN3O5S. The van der Waals surface area contributed by atoms with Crippen molar-refractivity contribution in [1.82, 2.24) is 10.2 Å². The summed E-state index contributed by atoms with van der Waals surface area (Å²) in [5, 5.41) is 3.31. The number of nitrogens with one attached hydrogen (secondary N) is 1. The minimum absolute atomic E-state index is 0.0142. The van der Waals surface area contributed by atoms with Gasteiger partial charge in [0.15, 0.2) is 0 Å². The second kappa shape index (κ2) is 14.4. The molecule has 0 fully saturated rings. The van der Waals surface area contributed by atoms with E-state index in [4.69, 9.17) is 16.3 Å². The Kier molecular flexibility index (Phi) is 11.2. The van der Waals surface area contributed by atoms with Gasteiger partial charge in [-0.05, 0) is 62.6 Å². The number of ether oxygens (including phenoxy) is 1. The van der Waals surface area contributed by atoms with Crippen molar-refractivity contribution in [2.24, 2.45) is 5.92 Å². The van der Waals surface area contributed by atoms with Gasteiger partial charge in [-0.25, -0.2) is 8.42 Å². The van der Waals surface area contributed by atoms with Crippen LogP contribution in [0.3, 0.4) is 0 Å². The van der Waals surface area contributed by atoms with Gasteiger partial charge in [0.1, 0.15) is 18.3 Å². The Morgan fingerprint density at radius 2 is 1.59 bits per heavy atom. The first-order chi connectivity index (χ1) is 19.4. The van der Waals surface area contributed by atoms with Crippen LogP contribution in [0.5, 0.6) is 5.75 Å². The van der Waals surface area contributed by atoms with Crippen LogP contribution >= 0.6 is 11.6 Å². The van der Waals surface area contributed by atoms with E-state index < -0.39 is 28.5 Å². The van der Waals surface area contributed by atoms with Crippen molar-refractivity contribution >= 4 is 39.1 Å². The second-order valence-electron chi connectivity index (χ2n) is 10.2. The highest BCUT2D eigenvalue weighted by atomic mass is 35.5. The van der Waals surface area contributed by atoms with E-state index in [2.05, 4.69) is 5.32 Å². The minimum atomic E-state index is -4.21. The Morgan fingerprint density at radius 3 is 2.22 bits per heavy atom. The van der Waals surface area contributed by atoms with Gasteiger partial charge in [-0.3, -0.25) is 13.9 Å². The lowest BCUT2D eigenvalue weighted by atomic mass is 10.1. The average Bonchev–Trinajstić information content (AvgIpc) is 2.94. The smallest absolute Gasteiger partial charge is 0.264 e. The van der Waals surface area contributed by atoms with Crippen LogP contribution in [0.2, 0.25) is 5.02 Å².